The number of fused-ring (bicyclic) bond motifs is 1. The minimum atomic E-state index is -0.341. The topological polar surface area (TPSA) is 90.0 Å². The second-order valence-corrected chi connectivity index (χ2v) is 5.79. The lowest BCUT2D eigenvalue weighted by Crippen LogP contribution is -2.33. The first-order valence-electron chi connectivity index (χ1n) is 7.37. The number of halogens is 1. The predicted octanol–water partition coefficient (Wildman–Crippen LogP) is 1.71. The van der Waals surface area contributed by atoms with Gasteiger partial charge >= 0.3 is 0 Å². The van der Waals surface area contributed by atoms with Gasteiger partial charge in [-0.05, 0) is 31.0 Å². The van der Waals surface area contributed by atoms with Crippen LogP contribution in [0.1, 0.15) is 11.3 Å². The number of aryl methyl sites for hydroxylation is 1. The van der Waals surface area contributed by atoms with Crippen molar-refractivity contribution in [3.63, 3.8) is 0 Å². The quantitative estimate of drug-likeness (QED) is 0.759. The fraction of sp³-hybridized carbons (Fsp3) is 0.250. The molecule has 0 aliphatic carbocycles. The van der Waals surface area contributed by atoms with Gasteiger partial charge in [0.1, 0.15) is 18.3 Å². The highest BCUT2D eigenvalue weighted by atomic mass is 35.5. The zero-order valence-electron chi connectivity index (χ0n) is 13.0. The number of hydrogen-bond donors (Lipinski definition) is 1. The molecule has 0 saturated carbocycles. The lowest BCUT2D eigenvalue weighted by atomic mass is 10.1. The van der Waals surface area contributed by atoms with Crippen molar-refractivity contribution in [2.24, 2.45) is 0 Å². The van der Waals surface area contributed by atoms with Crippen molar-refractivity contribution < 1.29 is 9.32 Å². The average molecular weight is 347 g/mol. The summed E-state index contributed by atoms with van der Waals surface area (Å²) in [6, 6.07) is 7.43. The van der Waals surface area contributed by atoms with Gasteiger partial charge in [0.2, 0.25) is 5.91 Å². The van der Waals surface area contributed by atoms with Crippen molar-refractivity contribution in [1.29, 1.82) is 0 Å². The number of hydrogen-bond acceptors (Lipinski definition) is 5. The molecule has 0 spiro atoms. The normalized spacial score (nSPS) is 10.9. The van der Waals surface area contributed by atoms with Crippen LogP contribution in [-0.4, -0.2) is 27.2 Å². The fourth-order valence-electron chi connectivity index (χ4n) is 2.33. The first-order valence-corrected chi connectivity index (χ1v) is 7.75. The Bertz CT molecular complexity index is 931. The predicted molar refractivity (Wildman–Crippen MR) is 89.0 cm³/mol. The molecule has 0 radical (unpaired) electrons. The Kier molecular flexibility index (Phi) is 4.61. The van der Waals surface area contributed by atoms with Crippen LogP contribution in [0.25, 0.3) is 11.1 Å². The molecule has 0 aliphatic heterocycles. The van der Waals surface area contributed by atoms with Crippen LogP contribution in [0.5, 0.6) is 0 Å². The van der Waals surface area contributed by atoms with Gasteiger partial charge in [0.05, 0.1) is 5.69 Å². The number of amides is 1. The van der Waals surface area contributed by atoms with Gasteiger partial charge < -0.3 is 9.84 Å². The summed E-state index contributed by atoms with van der Waals surface area (Å²) in [5, 5.41) is 7.46. The molecular weight excluding hydrogens is 332 g/mol. The van der Waals surface area contributed by atoms with Crippen LogP contribution in [0.15, 0.2) is 39.9 Å². The smallest absolute Gasteiger partial charge is 0.267 e. The van der Waals surface area contributed by atoms with Crippen LogP contribution < -0.4 is 10.9 Å². The van der Waals surface area contributed by atoms with E-state index in [4.69, 9.17) is 16.1 Å². The Labute approximate surface area is 142 Å². The SMILES string of the molecule is Cc1noc2ncn(CC(=O)NCCc3ccc(Cl)cc3)c(=O)c12. The van der Waals surface area contributed by atoms with E-state index in [9.17, 15) is 9.59 Å². The maximum absolute atomic E-state index is 12.3. The third kappa shape index (κ3) is 3.46. The molecule has 2 heterocycles. The summed E-state index contributed by atoms with van der Waals surface area (Å²) in [7, 11) is 0. The molecule has 0 unspecified atom stereocenters. The molecule has 1 aromatic carbocycles. The third-order valence-corrected chi connectivity index (χ3v) is 3.85. The highest BCUT2D eigenvalue weighted by Crippen LogP contribution is 2.10. The molecule has 3 rings (SSSR count). The van der Waals surface area contributed by atoms with Crippen molar-refractivity contribution in [3.8, 4) is 0 Å². The Morgan fingerprint density at radius 1 is 1.33 bits per heavy atom. The number of nitrogens with one attached hydrogen (secondary N) is 1. The van der Waals surface area contributed by atoms with Crippen molar-refractivity contribution in [1.82, 2.24) is 20.0 Å². The van der Waals surface area contributed by atoms with Crippen LogP contribution in [0, 0.1) is 6.92 Å². The van der Waals surface area contributed by atoms with Crippen LogP contribution in [-0.2, 0) is 17.8 Å². The van der Waals surface area contributed by atoms with Gasteiger partial charge in [0.15, 0.2) is 0 Å². The molecule has 1 N–H and O–H groups in total. The molecule has 0 saturated heterocycles. The summed E-state index contributed by atoms with van der Waals surface area (Å²) in [5.41, 5.74) is 1.36. The van der Waals surface area contributed by atoms with E-state index < -0.39 is 0 Å². The molecule has 124 valence electrons. The van der Waals surface area contributed by atoms with Crippen LogP contribution in [0.2, 0.25) is 5.02 Å². The van der Waals surface area contributed by atoms with Crippen LogP contribution >= 0.6 is 11.6 Å². The monoisotopic (exact) mass is 346 g/mol. The highest BCUT2D eigenvalue weighted by molar-refractivity contribution is 6.30. The summed E-state index contributed by atoms with van der Waals surface area (Å²) >= 11 is 5.83. The molecule has 0 bridgehead atoms. The molecule has 0 fully saturated rings. The van der Waals surface area contributed by atoms with E-state index in [1.165, 1.54) is 10.9 Å². The van der Waals surface area contributed by atoms with Gasteiger partial charge in [-0.25, -0.2) is 4.98 Å². The zero-order valence-corrected chi connectivity index (χ0v) is 13.7. The van der Waals surface area contributed by atoms with E-state index in [0.29, 0.717) is 29.1 Å². The minimum Gasteiger partial charge on any atom is -0.354 e. The Balaban J connectivity index is 1.61. The number of nitrogens with zero attached hydrogens (tertiary/aromatic N) is 3. The molecule has 0 atom stereocenters. The lowest BCUT2D eigenvalue weighted by Gasteiger charge is -2.07. The van der Waals surface area contributed by atoms with Crippen LogP contribution in [0.3, 0.4) is 0 Å². The van der Waals surface area contributed by atoms with Gasteiger partial charge in [0.25, 0.3) is 11.3 Å². The Morgan fingerprint density at radius 3 is 2.83 bits per heavy atom. The largest absolute Gasteiger partial charge is 0.354 e. The number of carbonyl (C=O) groups is 1. The van der Waals surface area contributed by atoms with Gasteiger partial charge in [-0.15, -0.1) is 0 Å². The molecule has 24 heavy (non-hydrogen) atoms. The summed E-state index contributed by atoms with van der Waals surface area (Å²) < 4.78 is 6.17. The summed E-state index contributed by atoms with van der Waals surface area (Å²) in [5.74, 6) is -0.263. The number of rotatable bonds is 5. The van der Waals surface area contributed by atoms with E-state index in [2.05, 4.69) is 15.5 Å². The molecule has 2 aromatic heterocycles. The molecular formula is C16H15ClN4O3. The summed E-state index contributed by atoms with van der Waals surface area (Å²) in [6.45, 7) is 2.02. The van der Waals surface area contributed by atoms with E-state index in [-0.39, 0.29) is 23.7 Å². The first-order chi connectivity index (χ1) is 11.5. The van der Waals surface area contributed by atoms with Crippen molar-refractivity contribution in [3.05, 3.63) is 57.2 Å². The van der Waals surface area contributed by atoms with Gasteiger partial charge in [-0.1, -0.05) is 28.9 Å². The number of benzene rings is 1. The average Bonchev–Trinajstić information content (AvgIpc) is 2.94. The van der Waals surface area contributed by atoms with Crippen molar-refractivity contribution >= 4 is 28.6 Å². The molecule has 8 heteroatoms. The van der Waals surface area contributed by atoms with E-state index in [1.54, 1.807) is 19.1 Å². The highest BCUT2D eigenvalue weighted by Gasteiger charge is 2.13. The van der Waals surface area contributed by atoms with E-state index in [1.807, 2.05) is 12.1 Å². The number of aromatic nitrogens is 3. The fourth-order valence-corrected chi connectivity index (χ4v) is 2.46. The second kappa shape index (κ2) is 6.84. The van der Waals surface area contributed by atoms with Gasteiger partial charge in [-0.2, -0.15) is 0 Å². The van der Waals surface area contributed by atoms with E-state index in [0.717, 1.165) is 5.56 Å². The molecule has 1 amide bonds. The van der Waals surface area contributed by atoms with Gasteiger partial charge in [-0.3, -0.25) is 14.2 Å². The molecule has 3 aromatic rings. The van der Waals surface area contributed by atoms with Crippen LogP contribution in [0.4, 0.5) is 0 Å². The number of carbonyl (C=O) groups excluding carboxylic acids is 1. The lowest BCUT2D eigenvalue weighted by molar-refractivity contribution is -0.121. The standard InChI is InChI=1S/C16H15ClN4O3/c1-10-14-15(24-20-10)19-9-21(16(14)23)8-13(22)18-7-6-11-2-4-12(17)5-3-11/h2-5,9H,6-8H2,1H3,(H,18,22). The second-order valence-electron chi connectivity index (χ2n) is 5.35. The third-order valence-electron chi connectivity index (χ3n) is 3.60. The zero-order chi connectivity index (χ0) is 17.1. The van der Waals surface area contributed by atoms with Crippen molar-refractivity contribution in [2.75, 3.05) is 6.54 Å². The summed E-state index contributed by atoms with van der Waals surface area (Å²) in [4.78, 5) is 28.3. The Hall–Kier alpha value is -2.67. The molecule has 7 nitrogen and oxygen atoms in total. The Morgan fingerprint density at radius 2 is 2.08 bits per heavy atom. The first kappa shape index (κ1) is 16.2. The maximum atomic E-state index is 12.3. The van der Waals surface area contributed by atoms with Crippen molar-refractivity contribution in [2.45, 2.75) is 19.9 Å². The van der Waals surface area contributed by atoms with Gasteiger partial charge in [0, 0.05) is 11.6 Å². The maximum Gasteiger partial charge on any atom is 0.267 e. The van der Waals surface area contributed by atoms with E-state index >= 15 is 0 Å². The minimum absolute atomic E-state index is 0.104. The molecule has 0 aliphatic rings. The summed E-state index contributed by atoms with van der Waals surface area (Å²) in [6.07, 6.45) is 1.97.